The fraction of sp³-hybridized carbons (Fsp3) is 0.286. The van der Waals surface area contributed by atoms with Crippen LogP contribution in [-0.4, -0.2) is 30.2 Å². The second kappa shape index (κ2) is 8.33. The van der Waals surface area contributed by atoms with Gasteiger partial charge in [0.1, 0.15) is 0 Å². The monoisotopic (exact) mass is 427 g/mol. The van der Waals surface area contributed by atoms with E-state index in [2.05, 4.69) is 26.6 Å². The molecule has 156 valence electrons. The highest BCUT2D eigenvalue weighted by Crippen LogP contribution is 2.28. The predicted molar refractivity (Wildman–Crippen MR) is 113 cm³/mol. The number of rotatable bonds is 4. The maximum Gasteiger partial charge on any atom is 0.229 e. The van der Waals surface area contributed by atoms with Crippen LogP contribution in [0.25, 0.3) is 0 Å². The molecule has 4 atom stereocenters. The number of carbonyl (C=O) groups excluding carboxylic acids is 3. The van der Waals surface area contributed by atoms with Gasteiger partial charge in [-0.3, -0.25) is 19.7 Å². The molecule has 3 amide bonds. The van der Waals surface area contributed by atoms with Crippen molar-refractivity contribution in [1.82, 2.24) is 16.0 Å². The van der Waals surface area contributed by atoms with Crippen molar-refractivity contribution in [2.45, 2.75) is 25.8 Å². The van der Waals surface area contributed by atoms with Gasteiger partial charge in [0.05, 0.1) is 18.0 Å². The summed E-state index contributed by atoms with van der Waals surface area (Å²) in [6.45, 7) is 1.95. The van der Waals surface area contributed by atoms with E-state index in [1.54, 1.807) is 30.3 Å². The van der Waals surface area contributed by atoms with Gasteiger partial charge < -0.3 is 21.3 Å². The minimum atomic E-state index is -0.787. The molecule has 30 heavy (non-hydrogen) atoms. The second-order valence-corrected chi connectivity index (χ2v) is 7.94. The summed E-state index contributed by atoms with van der Waals surface area (Å²) in [7, 11) is 0. The quantitative estimate of drug-likeness (QED) is 0.510. The first-order valence-electron chi connectivity index (χ1n) is 9.64. The Morgan fingerprint density at radius 1 is 1.07 bits per heavy atom. The van der Waals surface area contributed by atoms with Gasteiger partial charge >= 0.3 is 0 Å². The van der Waals surface area contributed by atoms with Crippen LogP contribution in [0, 0.1) is 18.8 Å². The third-order valence-electron chi connectivity index (χ3n) is 5.24. The van der Waals surface area contributed by atoms with E-state index in [1.165, 1.54) is 0 Å². The number of hydrogen-bond donors (Lipinski definition) is 5. The highest BCUT2D eigenvalue weighted by Gasteiger charge is 2.48. The van der Waals surface area contributed by atoms with Gasteiger partial charge in [0.2, 0.25) is 17.7 Å². The molecule has 0 aliphatic carbocycles. The first kappa shape index (κ1) is 20.2. The zero-order chi connectivity index (χ0) is 21.3. The highest BCUT2D eigenvalue weighted by atomic mass is 35.5. The molecule has 2 aromatic carbocycles. The lowest BCUT2D eigenvalue weighted by molar-refractivity contribution is -0.144. The first-order chi connectivity index (χ1) is 14.4. The number of hydrogen-bond acceptors (Lipinski definition) is 5. The first-order valence-corrected chi connectivity index (χ1v) is 10.0. The molecule has 0 radical (unpaired) electrons. The van der Waals surface area contributed by atoms with Crippen LogP contribution in [0.5, 0.6) is 0 Å². The molecule has 2 aliphatic heterocycles. The average Bonchev–Trinajstić information content (AvgIpc) is 2.68. The molecule has 9 heteroatoms. The fourth-order valence-corrected chi connectivity index (χ4v) is 3.96. The number of anilines is 2. The summed E-state index contributed by atoms with van der Waals surface area (Å²) in [5, 5.41) is 15.2. The lowest BCUT2D eigenvalue weighted by Gasteiger charge is -2.43. The molecule has 0 saturated carbocycles. The van der Waals surface area contributed by atoms with Gasteiger partial charge in [-0.25, -0.2) is 0 Å². The number of piperidine rings is 1. The molecule has 2 heterocycles. The summed E-state index contributed by atoms with van der Waals surface area (Å²) in [6, 6.07) is 14.4. The number of halogens is 1. The summed E-state index contributed by atoms with van der Waals surface area (Å²) < 4.78 is 0. The molecular formula is C21H22ClN5O3. The van der Waals surface area contributed by atoms with Crippen LogP contribution in [0.4, 0.5) is 11.4 Å². The Kier molecular flexibility index (Phi) is 5.61. The van der Waals surface area contributed by atoms with Crippen LogP contribution >= 0.6 is 11.6 Å². The Bertz CT molecular complexity index is 981. The van der Waals surface area contributed by atoms with Crippen molar-refractivity contribution in [2.75, 3.05) is 10.6 Å². The van der Waals surface area contributed by atoms with E-state index in [4.69, 9.17) is 11.6 Å². The largest absolute Gasteiger partial charge is 0.353 e. The van der Waals surface area contributed by atoms with Crippen molar-refractivity contribution in [3.63, 3.8) is 0 Å². The van der Waals surface area contributed by atoms with E-state index in [9.17, 15) is 14.4 Å². The second-order valence-electron chi connectivity index (χ2n) is 7.50. The van der Waals surface area contributed by atoms with Crippen LogP contribution in [0.2, 0.25) is 5.02 Å². The summed E-state index contributed by atoms with van der Waals surface area (Å²) in [5.41, 5.74) is 2.39. The number of fused-ring (bicyclic) bond motifs is 1. The molecule has 8 nitrogen and oxygen atoms in total. The van der Waals surface area contributed by atoms with Crippen LogP contribution in [0.15, 0.2) is 48.5 Å². The predicted octanol–water partition coefficient (Wildman–Crippen LogP) is 1.78. The van der Waals surface area contributed by atoms with Crippen LogP contribution in [-0.2, 0) is 14.4 Å². The Hall–Kier alpha value is -3.10. The standard InChI is InChI=1S/C21H22ClN5O3/c1-11-5-7-13(8-6-11)23-19(29)15-10-16(28)25-18-17(15)20(30)27-21(26-18)24-14-4-2-3-12(22)9-14/h2-9,15,17-18,21,24,26H,10H2,1H3,(H,23,29)(H,25,28)(H,27,30). The van der Waals surface area contributed by atoms with E-state index in [1.807, 2.05) is 25.1 Å². The summed E-state index contributed by atoms with van der Waals surface area (Å²) in [6.07, 6.45) is -1.36. The van der Waals surface area contributed by atoms with Crippen molar-refractivity contribution in [3.8, 4) is 0 Å². The molecule has 2 aromatic rings. The average molecular weight is 428 g/mol. The van der Waals surface area contributed by atoms with Gasteiger partial charge in [-0.15, -0.1) is 0 Å². The molecule has 4 unspecified atom stereocenters. The van der Waals surface area contributed by atoms with Crippen LogP contribution in [0.1, 0.15) is 12.0 Å². The lowest BCUT2D eigenvalue weighted by Crippen LogP contribution is -2.72. The van der Waals surface area contributed by atoms with Gasteiger partial charge in [-0.05, 0) is 37.3 Å². The van der Waals surface area contributed by atoms with Crippen molar-refractivity contribution in [2.24, 2.45) is 11.8 Å². The van der Waals surface area contributed by atoms with Crippen LogP contribution in [0.3, 0.4) is 0 Å². The molecule has 0 bridgehead atoms. The van der Waals surface area contributed by atoms with Crippen LogP contribution < -0.4 is 26.6 Å². The molecule has 0 spiro atoms. The maximum atomic E-state index is 12.9. The molecule has 5 N–H and O–H groups in total. The van der Waals surface area contributed by atoms with E-state index in [0.717, 1.165) is 5.56 Å². The van der Waals surface area contributed by atoms with Gasteiger partial charge in [0, 0.05) is 22.8 Å². The van der Waals surface area contributed by atoms with Crippen molar-refractivity contribution < 1.29 is 14.4 Å². The minimum Gasteiger partial charge on any atom is -0.353 e. The molecule has 2 fully saturated rings. The Morgan fingerprint density at radius 3 is 2.57 bits per heavy atom. The van der Waals surface area contributed by atoms with Gasteiger partial charge in [0.15, 0.2) is 6.29 Å². The third-order valence-corrected chi connectivity index (χ3v) is 5.48. The highest BCUT2D eigenvalue weighted by molar-refractivity contribution is 6.30. The summed E-state index contributed by atoms with van der Waals surface area (Å²) in [5.74, 6) is -2.48. The maximum absolute atomic E-state index is 12.9. The fourth-order valence-electron chi connectivity index (χ4n) is 3.77. The minimum absolute atomic E-state index is 0.0552. The van der Waals surface area contributed by atoms with Gasteiger partial charge in [0.25, 0.3) is 0 Å². The smallest absolute Gasteiger partial charge is 0.229 e. The lowest BCUT2D eigenvalue weighted by atomic mass is 9.81. The normalized spacial score (nSPS) is 25.5. The van der Waals surface area contributed by atoms with E-state index < -0.39 is 24.3 Å². The summed E-state index contributed by atoms with van der Waals surface area (Å²) in [4.78, 5) is 38.0. The molecular weight excluding hydrogens is 406 g/mol. The number of benzene rings is 2. The molecule has 2 aliphatic rings. The molecule has 2 saturated heterocycles. The Balaban J connectivity index is 1.48. The number of amides is 3. The Morgan fingerprint density at radius 2 is 1.83 bits per heavy atom. The van der Waals surface area contributed by atoms with Gasteiger partial charge in [-0.1, -0.05) is 35.4 Å². The molecule has 4 rings (SSSR count). The topological polar surface area (TPSA) is 111 Å². The zero-order valence-electron chi connectivity index (χ0n) is 16.2. The van der Waals surface area contributed by atoms with Crippen molar-refractivity contribution >= 4 is 40.7 Å². The molecule has 0 aromatic heterocycles. The third kappa shape index (κ3) is 4.39. The number of nitrogens with one attached hydrogen (secondary N) is 5. The van der Waals surface area contributed by atoms with Gasteiger partial charge in [-0.2, -0.15) is 0 Å². The number of aryl methyl sites for hydroxylation is 1. The van der Waals surface area contributed by atoms with Crippen molar-refractivity contribution in [3.05, 3.63) is 59.1 Å². The van der Waals surface area contributed by atoms with E-state index in [0.29, 0.717) is 16.4 Å². The zero-order valence-corrected chi connectivity index (χ0v) is 17.0. The van der Waals surface area contributed by atoms with Crippen molar-refractivity contribution in [1.29, 1.82) is 0 Å². The van der Waals surface area contributed by atoms with E-state index in [-0.39, 0.29) is 24.1 Å². The summed E-state index contributed by atoms with van der Waals surface area (Å²) >= 11 is 6.00. The SMILES string of the molecule is Cc1ccc(NC(=O)C2CC(=O)NC3NC(Nc4cccc(Cl)c4)NC(=O)C32)cc1. The Labute approximate surface area is 178 Å². The number of carbonyl (C=O) groups is 3. The van der Waals surface area contributed by atoms with E-state index >= 15 is 0 Å².